The van der Waals surface area contributed by atoms with Crippen molar-refractivity contribution in [1.82, 2.24) is 0 Å². The van der Waals surface area contributed by atoms with Crippen molar-refractivity contribution in [2.75, 3.05) is 6.26 Å². The van der Waals surface area contributed by atoms with Crippen LogP contribution in [0.1, 0.15) is 104 Å². The molecule has 0 bridgehead atoms. The van der Waals surface area contributed by atoms with E-state index in [2.05, 4.69) is 13.8 Å². The van der Waals surface area contributed by atoms with Gasteiger partial charge in [-0.3, -0.25) is 0 Å². The molecule has 0 heterocycles. The van der Waals surface area contributed by atoms with E-state index in [9.17, 15) is 4.55 Å². The Hall–Kier alpha value is 0.310. The molecule has 0 saturated heterocycles. The summed E-state index contributed by atoms with van der Waals surface area (Å²) in [6.07, 6.45) is 21.0. The predicted octanol–water partition coefficient (Wildman–Crippen LogP) is 6.48. The van der Waals surface area contributed by atoms with Crippen molar-refractivity contribution in [3.8, 4) is 0 Å². The Morgan fingerprint density at radius 2 is 1.43 bits per heavy atom. The van der Waals surface area contributed by atoms with E-state index in [0.717, 1.165) is 17.8 Å². The lowest BCUT2D eigenvalue weighted by atomic mass is 9.68. The van der Waals surface area contributed by atoms with Crippen molar-refractivity contribution in [3.63, 3.8) is 0 Å². The van der Waals surface area contributed by atoms with Gasteiger partial charge in [0.2, 0.25) is 0 Å². The van der Waals surface area contributed by atoms with Crippen molar-refractivity contribution in [1.29, 1.82) is 0 Å². The van der Waals surface area contributed by atoms with E-state index in [4.69, 9.17) is 0 Å². The third-order valence-electron chi connectivity index (χ3n) is 7.06. The average Bonchev–Trinajstić information content (AvgIpc) is 2.59. The van der Waals surface area contributed by atoms with Gasteiger partial charge in [-0.15, -0.1) is 0 Å². The molecular weight excluding hydrogens is 300 g/mol. The zero-order valence-corrected chi connectivity index (χ0v) is 16.8. The molecule has 136 valence electrons. The molecule has 1 atom stereocenters. The molecule has 0 aliphatic heterocycles. The molecule has 2 rings (SSSR count). The quantitative estimate of drug-likeness (QED) is 0.464. The van der Waals surface area contributed by atoms with Crippen molar-refractivity contribution >= 4 is 11.2 Å². The van der Waals surface area contributed by atoms with Gasteiger partial charge in [0.1, 0.15) is 4.75 Å². The minimum absolute atomic E-state index is 0.171. The molecule has 2 saturated carbocycles. The monoisotopic (exact) mass is 340 g/mol. The second-order valence-corrected chi connectivity index (χ2v) is 10.3. The van der Waals surface area contributed by atoms with Crippen LogP contribution in [0.15, 0.2) is 0 Å². The van der Waals surface area contributed by atoms with E-state index < -0.39 is 11.2 Å². The maximum Gasteiger partial charge on any atom is 0.125 e. The van der Waals surface area contributed by atoms with Crippen LogP contribution >= 0.6 is 0 Å². The van der Waals surface area contributed by atoms with Gasteiger partial charge in [-0.1, -0.05) is 63.5 Å². The van der Waals surface area contributed by atoms with E-state index in [1.807, 2.05) is 6.26 Å². The summed E-state index contributed by atoms with van der Waals surface area (Å²) in [5, 5.41) is 0. The molecule has 2 aliphatic carbocycles. The molecule has 0 spiro atoms. The van der Waals surface area contributed by atoms with Crippen LogP contribution in [0.3, 0.4) is 0 Å². The smallest absolute Gasteiger partial charge is 0.125 e. The lowest BCUT2D eigenvalue weighted by Gasteiger charge is -2.43. The molecule has 1 unspecified atom stereocenters. The summed E-state index contributed by atoms with van der Waals surface area (Å²) in [6.45, 7) is 4.57. The van der Waals surface area contributed by atoms with Crippen molar-refractivity contribution < 1.29 is 4.55 Å². The lowest BCUT2D eigenvalue weighted by molar-refractivity contribution is 0.146. The van der Waals surface area contributed by atoms with Crippen molar-refractivity contribution in [2.45, 2.75) is 108 Å². The summed E-state index contributed by atoms with van der Waals surface area (Å²) >= 11 is -0.642. The maximum atomic E-state index is 12.4. The highest BCUT2D eigenvalue weighted by molar-refractivity contribution is 7.92. The van der Waals surface area contributed by atoms with Gasteiger partial charge < -0.3 is 4.55 Å². The first-order valence-electron chi connectivity index (χ1n) is 10.4. The maximum absolute atomic E-state index is 12.4. The van der Waals surface area contributed by atoms with Crippen LogP contribution in [-0.2, 0) is 11.2 Å². The minimum Gasteiger partial charge on any atom is -0.616 e. The summed E-state index contributed by atoms with van der Waals surface area (Å²) in [4.78, 5) is 0. The molecular formula is C21H40OS. The second-order valence-electron chi connectivity index (χ2n) is 8.50. The van der Waals surface area contributed by atoms with E-state index >= 15 is 0 Å². The van der Waals surface area contributed by atoms with Crippen molar-refractivity contribution in [2.24, 2.45) is 17.8 Å². The Labute approximate surface area is 148 Å². The van der Waals surface area contributed by atoms with Gasteiger partial charge in [0.25, 0.3) is 0 Å². The van der Waals surface area contributed by atoms with E-state index in [1.165, 1.54) is 89.9 Å². The number of hydrogen-bond acceptors (Lipinski definition) is 1. The van der Waals surface area contributed by atoms with Gasteiger partial charge in [0.15, 0.2) is 0 Å². The van der Waals surface area contributed by atoms with Crippen LogP contribution in [0.4, 0.5) is 0 Å². The van der Waals surface area contributed by atoms with E-state index in [-0.39, 0.29) is 4.75 Å². The van der Waals surface area contributed by atoms with Gasteiger partial charge in [-0.2, -0.15) is 0 Å². The number of rotatable bonds is 8. The third kappa shape index (κ3) is 5.39. The molecule has 0 radical (unpaired) electrons. The van der Waals surface area contributed by atoms with E-state index in [0.29, 0.717) is 0 Å². The Bertz CT molecular complexity index is 312. The first-order chi connectivity index (χ1) is 11.1. The van der Waals surface area contributed by atoms with Crippen molar-refractivity contribution in [3.05, 3.63) is 0 Å². The fourth-order valence-corrected chi connectivity index (χ4v) is 6.50. The molecule has 0 amide bonds. The van der Waals surface area contributed by atoms with Crippen LogP contribution in [0, 0.1) is 17.8 Å². The van der Waals surface area contributed by atoms with Gasteiger partial charge in [-0.25, -0.2) is 0 Å². The summed E-state index contributed by atoms with van der Waals surface area (Å²) in [6, 6.07) is 0. The summed E-state index contributed by atoms with van der Waals surface area (Å²) < 4.78 is 12.5. The Morgan fingerprint density at radius 1 is 0.870 bits per heavy atom. The summed E-state index contributed by atoms with van der Waals surface area (Å²) in [5.41, 5.74) is 0. The van der Waals surface area contributed by atoms with Crippen LogP contribution in [0.5, 0.6) is 0 Å². The standard InChI is InChI=1S/C21H40OS/c1-4-6-8-18-9-11-19(12-10-18)20-13-16-21(17-14-20,23(3)22)15-7-5-2/h18-20H,4-17H2,1-3H3. The first kappa shape index (κ1) is 19.6. The van der Waals surface area contributed by atoms with Crippen LogP contribution in [0.2, 0.25) is 0 Å². The molecule has 2 fully saturated rings. The zero-order valence-electron chi connectivity index (χ0n) is 15.9. The molecule has 0 N–H and O–H groups in total. The molecule has 0 aromatic rings. The Morgan fingerprint density at radius 3 is 1.96 bits per heavy atom. The fourth-order valence-electron chi connectivity index (χ4n) is 5.26. The van der Waals surface area contributed by atoms with Gasteiger partial charge >= 0.3 is 0 Å². The third-order valence-corrected chi connectivity index (χ3v) is 8.89. The Balaban J connectivity index is 1.78. The number of unbranched alkanes of at least 4 members (excludes halogenated alkanes) is 2. The largest absolute Gasteiger partial charge is 0.616 e. The molecule has 0 aromatic heterocycles. The highest BCUT2D eigenvalue weighted by Gasteiger charge is 2.44. The lowest BCUT2D eigenvalue weighted by Crippen LogP contribution is -2.43. The highest BCUT2D eigenvalue weighted by atomic mass is 32.2. The molecule has 1 nitrogen and oxygen atoms in total. The zero-order chi connectivity index (χ0) is 16.7. The predicted molar refractivity (Wildman–Crippen MR) is 103 cm³/mol. The molecule has 2 heteroatoms. The normalized spacial score (nSPS) is 36.8. The van der Waals surface area contributed by atoms with Gasteiger partial charge in [0.05, 0.1) is 6.26 Å². The van der Waals surface area contributed by atoms with E-state index in [1.54, 1.807) is 0 Å². The second kappa shape index (κ2) is 9.70. The Kier molecular flexibility index (Phi) is 8.28. The SMILES string of the molecule is CCCCC1CCC(C2CCC(CCCC)([S+](C)[O-])CC2)CC1. The molecule has 0 aromatic carbocycles. The van der Waals surface area contributed by atoms with Crippen LogP contribution in [0.25, 0.3) is 0 Å². The fraction of sp³-hybridized carbons (Fsp3) is 1.00. The summed E-state index contributed by atoms with van der Waals surface area (Å²) in [5.74, 6) is 2.96. The first-order valence-corrected chi connectivity index (χ1v) is 12.0. The van der Waals surface area contributed by atoms with Gasteiger partial charge in [-0.05, 0) is 69.1 Å². The topological polar surface area (TPSA) is 23.1 Å². The van der Waals surface area contributed by atoms with Crippen LogP contribution < -0.4 is 0 Å². The number of hydrogen-bond donors (Lipinski definition) is 0. The minimum atomic E-state index is -0.642. The highest BCUT2D eigenvalue weighted by Crippen LogP contribution is 2.47. The summed E-state index contributed by atoms with van der Waals surface area (Å²) in [7, 11) is 0. The average molecular weight is 341 g/mol. The molecule has 23 heavy (non-hydrogen) atoms. The van der Waals surface area contributed by atoms with Gasteiger partial charge in [0, 0.05) is 0 Å². The molecule has 2 aliphatic rings. The van der Waals surface area contributed by atoms with Crippen LogP contribution in [-0.4, -0.2) is 15.6 Å².